The summed E-state index contributed by atoms with van der Waals surface area (Å²) in [6, 6.07) is 4.74. The van der Waals surface area contributed by atoms with Gasteiger partial charge in [0.25, 0.3) is 5.91 Å². The number of benzene rings is 1. The van der Waals surface area contributed by atoms with Gasteiger partial charge in [-0.15, -0.1) is 0 Å². The van der Waals surface area contributed by atoms with Crippen LogP contribution in [0.2, 0.25) is 0 Å². The largest absolute Gasteiger partial charge is 0.493 e. The van der Waals surface area contributed by atoms with Gasteiger partial charge in [-0.05, 0) is 37.8 Å². The number of para-hydroxylation sites is 1. The minimum atomic E-state index is -1.20. The molecule has 1 aromatic carbocycles. The molecule has 0 saturated carbocycles. The van der Waals surface area contributed by atoms with Crippen LogP contribution < -0.4 is 20.7 Å². The van der Waals surface area contributed by atoms with Crippen molar-refractivity contribution in [3.05, 3.63) is 29.8 Å². The number of ether oxygens (including phenoxy) is 1. The summed E-state index contributed by atoms with van der Waals surface area (Å²) in [6.07, 6.45) is -0.148. The minimum absolute atomic E-state index is 0.171. The molecule has 1 aromatic rings. The maximum absolute atomic E-state index is 12.7. The molecule has 2 rings (SSSR count). The van der Waals surface area contributed by atoms with Gasteiger partial charge in [-0.2, -0.15) is 0 Å². The van der Waals surface area contributed by atoms with Gasteiger partial charge in [-0.25, -0.2) is 0 Å². The molecule has 4 N–H and O–H groups in total. The number of amides is 3. The van der Waals surface area contributed by atoms with E-state index >= 15 is 0 Å². The van der Waals surface area contributed by atoms with Gasteiger partial charge >= 0.3 is 0 Å². The monoisotopic (exact) mass is 391 g/mol. The lowest BCUT2D eigenvalue weighted by Crippen LogP contribution is -2.57. The molecule has 1 aliphatic rings. The van der Waals surface area contributed by atoms with E-state index in [9.17, 15) is 19.5 Å². The van der Waals surface area contributed by atoms with Crippen LogP contribution in [0.15, 0.2) is 24.3 Å². The van der Waals surface area contributed by atoms with Crippen molar-refractivity contribution in [2.24, 2.45) is 5.92 Å². The molecule has 0 fully saturated rings. The maximum atomic E-state index is 12.7. The van der Waals surface area contributed by atoms with Crippen molar-refractivity contribution in [2.45, 2.75) is 51.8 Å². The first-order valence-electron chi connectivity index (χ1n) is 9.58. The van der Waals surface area contributed by atoms with Gasteiger partial charge in [0.1, 0.15) is 17.8 Å². The lowest BCUT2D eigenvalue weighted by molar-refractivity contribution is -0.131. The Labute approximate surface area is 165 Å². The van der Waals surface area contributed by atoms with Gasteiger partial charge < -0.3 is 25.8 Å². The fourth-order valence-corrected chi connectivity index (χ4v) is 2.96. The first-order valence-corrected chi connectivity index (χ1v) is 9.58. The molecule has 0 aromatic heterocycles. The summed E-state index contributed by atoms with van der Waals surface area (Å²) in [5, 5.41) is 18.1. The predicted octanol–water partition coefficient (Wildman–Crippen LogP) is 0.595. The molecule has 0 unspecified atom stereocenters. The van der Waals surface area contributed by atoms with E-state index in [1.807, 2.05) is 13.8 Å². The standard InChI is InChI=1S/C20H29N3O5/c1-12(2)11-15-19(26)21-9-6-10-28-16-8-5-4-7-14(16)18(25)23-17(13(3)24)20(27)22-15/h4-5,7-8,12-13,15,17,24H,6,9-11H2,1-3H3,(H,21,26)(H,22,27)(H,23,25)/t13-,15-,17+/m1/s1. The fraction of sp³-hybridized carbons (Fsp3) is 0.550. The number of fused-ring (bicyclic) bond motifs is 1. The Balaban J connectivity index is 2.31. The second-order valence-electron chi connectivity index (χ2n) is 7.37. The van der Waals surface area contributed by atoms with E-state index in [0.29, 0.717) is 31.7 Å². The topological polar surface area (TPSA) is 117 Å². The number of nitrogens with one attached hydrogen (secondary N) is 3. The number of carbonyl (C=O) groups is 3. The molecule has 8 heteroatoms. The molecule has 0 aliphatic carbocycles. The third-order valence-electron chi connectivity index (χ3n) is 4.40. The number of carbonyl (C=O) groups excluding carboxylic acids is 3. The van der Waals surface area contributed by atoms with E-state index in [-0.39, 0.29) is 17.4 Å². The highest BCUT2D eigenvalue weighted by atomic mass is 16.5. The molecule has 1 heterocycles. The zero-order chi connectivity index (χ0) is 20.7. The van der Waals surface area contributed by atoms with Gasteiger partial charge in [-0.1, -0.05) is 26.0 Å². The molecule has 154 valence electrons. The Hall–Kier alpha value is -2.61. The maximum Gasteiger partial charge on any atom is 0.255 e. The summed E-state index contributed by atoms with van der Waals surface area (Å²) in [4.78, 5) is 37.9. The summed E-state index contributed by atoms with van der Waals surface area (Å²) < 4.78 is 5.68. The summed E-state index contributed by atoms with van der Waals surface area (Å²) in [5.74, 6) is -0.885. The zero-order valence-corrected chi connectivity index (χ0v) is 16.5. The van der Waals surface area contributed by atoms with Gasteiger partial charge in [0.2, 0.25) is 11.8 Å². The molecule has 1 aliphatic heterocycles. The van der Waals surface area contributed by atoms with E-state index in [2.05, 4.69) is 16.0 Å². The molecule has 0 radical (unpaired) electrons. The molecule has 0 bridgehead atoms. The van der Waals surface area contributed by atoms with E-state index in [4.69, 9.17) is 4.74 Å². The van der Waals surface area contributed by atoms with Crippen molar-refractivity contribution < 1.29 is 24.2 Å². The number of aliphatic hydroxyl groups is 1. The lowest BCUT2D eigenvalue weighted by atomic mass is 10.0. The molecule has 0 saturated heterocycles. The number of hydrogen-bond acceptors (Lipinski definition) is 5. The van der Waals surface area contributed by atoms with Crippen molar-refractivity contribution in [1.29, 1.82) is 0 Å². The molecular formula is C20H29N3O5. The van der Waals surface area contributed by atoms with Crippen LogP contribution in [0, 0.1) is 5.92 Å². The van der Waals surface area contributed by atoms with Gasteiger partial charge in [0.05, 0.1) is 18.3 Å². The molecular weight excluding hydrogens is 362 g/mol. The van der Waals surface area contributed by atoms with Crippen molar-refractivity contribution in [3.8, 4) is 5.75 Å². The van der Waals surface area contributed by atoms with Crippen molar-refractivity contribution in [1.82, 2.24) is 16.0 Å². The molecule has 3 atom stereocenters. The van der Waals surface area contributed by atoms with E-state index in [1.54, 1.807) is 24.3 Å². The summed E-state index contributed by atoms with van der Waals surface area (Å²) in [7, 11) is 0. The van der Waals surface area contributed by atoms with Crippen LogP contribution in [0.25, 0.3) is 0 Å². The lowest BCUT2D eigenvalue weighted by Gasteiger charge is -2.26. The third kappa shape index (κ3) is 5.95. The summed E-state index contributed by atoms with van der Waals surface area (Å²) in [6.45, 7) is 6.02. The first-order chi connectivity index (χ1) is 13.3. The van der Waals surface area contributed by atoms with Gasteiger partial charge in [-0.3, -0.25) is 14.4 Å². The highest BCUT2D eigenvalue weighted by Gasteiger charge is 2.31. The van der Waals surface area contributed by atoms with E-state index in [0.717, 1.165) is 0 Å². The highest BCUT2D eigenvalue weighted by molar-refractivity contribution is 6.00. The zero-order valence-electron chi connectivity index (χ0n) is 16.5. The number of aliphatic hydroxyl groups excluding tert-OH is 1. The Kier molecular flexibility index (Phi) is 7.80. The molecule has 3 amide bonds. The van der Waals surface area contributed by atoms with Crippen LogP contribution >= 0.6 is 0 Å². The smallest absolute Gasteiger partial charge is 0.255 e. The fourth-order valence-electron chi connectivity index (χ4n) is 2.96. The molecule has 28 heavy (non-hydrogen) atoms. The average Bonchev–Trinajstić information content (AvgIpc) is 2.63. The Morgan fingerprint density at radius 3 is 2.50 bits per heavy atom. The van der Waals surface area contributed by atoms with Crippen molar-refractivity contribution >= 4 is 17.7 Å². The second-order valence-corrected chi connectivity index (χ2v) is 7.37. The van der Waals surface area contributed by atoms with Gasteiger partial charge in [0.15, 0.2) is 0 Å². The first kappa shape index (κ1) is 21.7. The van der Waals surface area contributed by atoms with Crippen LogP contribution in [-0.4, -0.2) is 54.2 Å². The molecule has 8 nitrogen and oxygen atoms in total. The predicted molar refractivity (Wildman–Crippen MR) is 104 cm³/mol. The van der Waals surface area contributed by atoms with Crippen LogP contribution in [0.5, 0.6) is 5.75 Å². The third-order valence-corrected chi connectivity index (χ3v) is 4.40. The van der Waals surface area contributed by atoms with Crippen LogP contribution in [0.1, 0.15) is 44.0 Å². The summed E-state index contributed by atoms with van der Waals surface area (Å²) in [5.41, 5.74) is 0.278. The summed E-state index contributed by atoms with van der Waals surface area (Å²) >= 11 is 0. The SMILES string of the molecule is CC(C)C[C@H]1NC(=O)[C@H]([C@@H](C)O)NC(=O)c2ccccc2OCCCNC1=O. The average molecular weight is 391 g/mol. The normalized spacial score (nSPS) is 22.8. The molecule has 0 spiro atoms. The highest BCUT2D eigenvalue weighted by Crippen LogP contribution is 2.18. The van der Waals surface area contributed by atoms with E-state index in [1.165, 1.54) is 6.92 Å². The number of rotatable bonds is 3. The Bertz CT molecular complexity index is 705. The second kappa shape index (κ2) is 10.1. The van der Waals surface area contributed by atoms with E-state index < -0.39 is 30.0 Å². The Morgan fingerprint density at radius 2 is 1.82 bits per heavy atom. The van der Waals surface area contributed by atoms with Crippen molar-refractivity contribution in [2.75, 3.05) is 13.2 Å². The Morgan fingerprint density at radius 1 is 1.11 bits per heavy atom. The van der Waals surface area contributed by atoms with Crippen LogP contribution in [0.4, 0.5) is 0 Å². The number of hydrogen-bond donors (Lipinski definition) is 4. The van der Waals surface area contributed by atoms with Crippen LogP contribution in [-0.2, 0) is 9.59 Å². The minimum Gasteiger partial charge on any atom is -0.493 e. The van der Waals surface area contributed by atoms with Crippen molar-refractivity contribution in [3.63, 3.8) is 0 Å². The van der Waals surface area contributed by atoms with Gasteiger partial charge in [0, 0.05) is 6.54 Å². The quantitative estimate of drug-likeness (QED) is 0.602. The van der Waals surface area contributed by atoms with Crippen LogP contribution in [0.3, 0.4) is 0 Å².